The average Bonchev–Trinajstić information content (AvgIpc) is 2.41. The summed E-state index contributed by atoms with van der Waals surface area (Å²) < 4.78 is 14.8. The van der Waals surface area contributed by atoms with E-state index in [-0.39, 0.29) is 11.9 Å². The van der Waals surface area contributed by atoms with E-state index >= 15 is 0 Å². The van der Waals surface area contributed by atoms with Crippen molar-refractivity contribution in [3.05, 3.63) is 63.6 Å². The van der Waals surface area contributed by atoms with Gasteiger partial charge in [-0.3, -0.25) is 4.98 Å². The Morgan fingerprint density at radius 2 is 2.11 bits per heavy atom. The van der Waals surface area contributed by atoms with Crippen LogP contribution in [0.3, 0.4) is 0 Å². The summed E-state index contributed by atoms with van der Waals surface area (Å²) in [7, 11) is 1.83. The molecule has 0 aliphatic carbocycles. The highest BCUT2D eigenvalue weighted by molar-refractivity contribution is 9.10. The highest BCUT2D eigenvalue weighted by Gasteiger charge is 2.15. The second kappa shape index (κ2) is 6.26. The van der Waals surface area contributed by atoms with Gasteiger partial charge in [0.1, 0.15) is 5.82 Å². The molecule has 1 aromatic carbocycles. The van der Waals surface area contributed by atoms with E-state index in [1.807, 2.05) is 38.4 Å². The van der Waals surface area contributed by atoms with Crippen LogP contribution < -0.4 is 5.32 Å². The number of pyridine rings is 1. The molecule has 100 valence electrons. The second-order valence-corrected chi connectivity index (χ2v) is 5.45. The Balaban J connectivity index is 2.24. The molecule has 0 saturated heterocycles. The predicted molar refractivity (Wildman–Crippen MR) is 78.6 cm³/mol. The molecular formula is C15H16BrFN2. The lowest BCUT2D eigenvalue weighted by atomic mass is 10.0. The van der Waals surface area contributed by atoms with Crippen LogP contribution in [0.2, 0.25) is 0 Å². The van der Waals surface area contributed by atoms with Crippen LogP contribution in [0.1, 0.15) is 22.9 Å². The lowest BCUT2D eigenvalue weighted by Gasteiger charge is -2.17. The Bertz CT molecular complexity index is 555. The number of nitrogens with one attached hydrogen (secondary N) is 1. The quantitative estimate of drug-likeness (QED) is 0.926. The number of benzene rings is 1. The Morgan fingerprint density at radius 1 is 1.32 bits per heavy atom. The summed E-state index contributed by atoms with van der Waals surface area (Å²) in [6.45, 7) is 2.00. The van der Waals surface area contributed by atoms with Crippen molar-refractivity contribution < 1.29 is 4.39 Å². The first-order valence-electron chi connectivity index (χ1n) is 6.14. The fourth-order valence-electron chi connectivity index (χ4n) is 1.98. The van der Waals surface area contributed by atoms with Crippen molar-refractivity contribution in [2.45, 2.75) is 19.4 Å². The Hall–Kier alpha value is -1.26. The zero-order valence-electron chi connectivity index (χ0n) is 11.0. The lowest BCUT2D eigenvalue weighted by molar-refractivity contribution is 0.529. The SMILES string of the molecule is CNC(Cc1ccc(C)cn1)c1cc(Br)ccc1F. The van der Waals surface area contributed by atoms with E-state index in [9.17, 15) is 4.39 Å². The van der Waals surface area contributed by atoms with E-state index in [0.717, 1.165) is 15.7 Å². The van der Waals surface area contributed by atoms with Crippen molar-refractivity contribution in [1.29, 1.82) is 0 Å². The number of hydrogen-bond donors (Lipinski definition) is 1. The van der Waals surface area contributed by atoms with Gasteiger partial charge in [0.05, 0.1) is 0 Å². The number of hydrogen-bond acceptors (Lipinski definition) is 2. The first-order chi connectivity index (χ1) is 9.10. The maximum atomic E-state index is 13.9. The Kier molecular flexibility index (Phi) is 4.66. The molecule has 0 aliphatic rings. The smallest absolute Gasteiger partial charge is 0.128 e. The van der Waals surface area contributed by atoms with Crippen LogP contribution in [0.25, 0.3) is 0 Å². The molecule has 0 bridgehead atoms. The summed E-state index contributed by atoms with van der Waals surface area (Å²) in [6.07, 6.45) is 2.49. The van der Waals surface area contributed by atoms with Gasteiger partial charge in [0.25, 0.3) is 0 Å². The first kappa shape index (κ1) is 14.2. The van der Waals surface area contributed by atoms with Crippen molar-refractivity contribution in [3.8, 4) is 0 Å². The molecule has 0 radical (unpaired) electrons. The average molecular weight is 323 g/mol. The van der Waals surface area contributed by atoms with Crippen LogP contribution in [0.15, 0.2) is 41.0 Å². The zero-order valence-corrected chi connectivity index (χ0v) is 12.5. The number of halogens is 2. The summed E-state index contributed by atoms with van der Waals surface area (Å²) in [4.78, 5) is 4.37. The molecule has 0 amide bonds. The topological polar surface area (TPSA) is 24.9 Å². The molecule has 19 heavy (non-hydrogen) atoms. The van der Waals surface area contributed by atoms with Gasteiger partial charge in [-0.25, -0.2) is 4.39 Å². The summed E-state index contributed by atoms with van der Waals surface area (Å²) in [5.41, 5.74) is 2.72. The molecule has 1 N–H and O–H groups in total. The molecule has 0 fully saturated rings. The predicted octanol–water partition coefficient (Wildman–Crippen LogP) is 3.79. The molecule has 2 nitrogen and oxygen atoms in total. The van der Waals surface area contributed by atoms with Crippen LogP contribution in [0.4, 0.5) is 4.39 Å². The van der Waals surface area contributed by atoms with Crippen molar-refractivity contribution >= 4 is 15.9 Å². The highest BCUT2D eigenvalue weighted by Crippen LogP contribution is 2.24. The molecule has 1 unspecified atom stereocenters. The van der Waals surface area contributed by atoms with E-state index in [1.54, 1.807) is 6.07 Å². The van der Waals surface area contributed by atoms with Gasteiger partial charge in [-0.05, 0) is 43.8 Å². The standard InChI is InChI=1S/C15H16BrFN2/c1-10-3-5-12(19-9-10)8-15(18-2)13-7-11(16)4-6-14(13)17/h3-7,9,15,18H,8H2,1-2H3. The van der Waals surface area contributed by atoms with E-state index in [2.05, 4.69) is 26.2 Å². The molecule has 2 rings (SSSR count). The molecule has 0 saturated carbocycles. The molecule has 1 atom stereocenters. The minimum absolute atomic E-state index is 0.0901. The van der Waals surface area contributed by atoms with Crippen LogP contribution in [-0.2, 0) is 6.42 Å². The maximum absolute atomic E-state index is 13.9. The third-order valence-corrected chi connectivity index (χ3v) is 3.56. The van der Waals surface area contributed by atoms with Crippen LogP contribution in [0, 0.1) is 12.7 Å². The molecule has 0 aliphatic heterocycles. The van der Waals surface area contributed by atoms with Gasteiger partial charge >= 0.3 is 0 Å². The molecule has 2 aromatic rings. The monoisotopic (exact) mass is 322 g/mol. The van der Waals surface area contributed by atoms with Crippen molar-refractivity contribution in [2.24, 2.45) is 0 Å². The summed E-state index contributed by atoms with van der Waals surface area (Å²) in [6, 6.07) is 8.90. The van der Waals surface area contributed by atoms with Gasteiger partial charge in [0, 0.05) is 34.4 Å². The minimum Gasteiger partial charge on any atom is -0.313 e. The Morgan fingerprint density at radius 3 is 2.74 bits per heavy atom. The molecule has 1 aromatic heterocycles. The second-order valence-electron chi connectivity index (χ2n) is 4.54. The zero-order chi connectivity index (χ0) is 13.8. The number of rotatable bonds is 4. The molecule has 0 spiro atoms. The van der Waals surface area contributed by atoms with Gasteiger partial charge in [0.2, 0.25) is 0 Å². The molecular weight excluding hydrogens is 307 g/mol. The van der Waals surface area contributed by atoms with E-state index in [0.29, 0.717) is 12.0 Å². The van der Waals surface area contributed by atoms with E-state index < -0.39 is 0 Å². The van der Waals surface area contributed by atoms with Gasteiger partial charge in [-0.1, -0.05) is 22.0 Å². The van der Waals surface area contributed by atoms with Crippen molar-refractivity contribution in [2.75, 3.05) is 7.05 Å². The third kappa shape index (κ3) is 3.61. The largest absolute Gasteiger partial charge is 0.313 e. The van der Waals surface area contributed by atoms with Crippen molar-refractivity contribution in [1.82, 2.24) is 10.3 Å². The minimum atomic E-state index is -0.199. The summed E-state index contributed by atoms with van der Waals surface area (Å²) in [5, 5.41) is 3.15. The van der Waals surface area contributed by atoms with Gasteiger partial charge in [-0.2, -0.15) is 0 Å². The van der Waals surface area contributed by atoms with Crippen molar-refractivity contribution in [3.63, 3.8) is 0 Å². The van der Waals surface area contributed by atoms with Crippen LogP contribution in [0.5, 0.6) is 0 Å². The molecule has 4 heteroatoms. The normalized spacial score (nSPS) is 12.4. The fraction of sp³-hybridized carbons (Fsp3) is 0.267. The summed E-state index contributed by atoms with van der Waals surface area (Å²) >= 11 is 3.38. The first-order valence-corrected chi connectivity index (χ1v) is 6.93. The van der Waals surface area contributed by atoms with Gasteiger partial charge < -0.3 is 5.32 Å². The number of aryl methyl sites for hydroxylation is 1. The van der Waals surface area contributed by atoms with Gasteiger partial charge in [-0.15, -0.1) is 0 Å². The Labute approximate surface area is 121 Å². The highest BCUT2D eigenvalue weighted by atomic mass is 79.9. The third-order valence-electron chi connectivity index (χ3n) is 3.07. The van der Waals surface area contributed by atoms with Gasteiger partial charge in [0.15, 0.2) is 0 Å². The molecule has 1 heterocycles. The van der Waals surface area contributed by atoms with Crippen LogP contribution in [-0.4, -0.2) is 12.0 Å². The number of nitrogens with zero attached hydrogens (tertiary/aromatic N) is 1. The van der Waals surface area contributed by atoms with E-state index in [4.69, 9.17) is 0 Å². The number of likely N-dealkylation sites (N-methyl/N-ethyl adjacent to an activating group) is 1. The van der Waals surface area contributed by atoms with Crippen LogP contribution >= 0.6 is 15.9 Å². The summed E-state index contributed by atoms with van der Waals surface area (Å²) in [5.74, 6) is -0.199. The lowest BCUT2D eigenvalue weighted by Crippen LogP contribution is -2.20. The number of aromatic nitrogens is 1. The maximum Gasteiger partial charge on any atom is 0.128 e. The van der Waals surface area contributed by atoms with E-state index in [1.165, 1.54) is 6.07 Å². The fourth-order valence-corrected chi connectivity index (χ4v) is 2.36.